The molecule has 1 atom stereocenters. The minimum atomic E-state index is 0. The van der Waals surface area contributed by atoms with Crippen molar-refractivity contribution in [3.05, 3.63) is 52.8 Å². The highest BCUT2D eigenvalue weighted by Gasteiger charge is 2.24. The molecule has 1 N–H and O–H groups in total. The Labute approximate surface area is 188 Å². The summed E-state index contributed by atoms with van der Waals surface area (Å²) in [7, 11) is 3.71. The number of hydrogen-bond donors (Lipinski definition) is 1. The van der Waals surface area contributed by atoms with Gasteiger partial charge in [0.25, 0.3) is 0 Å². The molecule has 7 nitrogen and oxygen atoms in total. The van der Waals surface area contributed by atoms with E-state index in [1.165, 1.54) is 0 Å². The highest BCUT2D eigenvalue weighted by Crippen LogP contribution is 2.21. The number of rotatable bonds is 6. The lowest BCUT2D eigenvalue weighted by Crippen LogP contribution is -2.48. The highest BCUT2D eigenvalue weighted by molar-refractivity contribution is 14.0. The van der Waals surface area contributed by atoms with Crippen LogP contribution in [0, 0.1) is 0 Å². The van der Waals surface area contributed by atoms with Crippen molar-refractivity contribution in [1.82, 2.24) is 20.0 Å². The quantitative estimate of drug-likeness (QED) is 0.275. The Morgan fingerprint density at radius 2 is 2.18 bits per heavy atom. The van der Waals surface area contributed by atoms with Gasteiger partial charge in [0.1, 0.15) is 6.10 Å². The highest BCUT2D eigenvalue weighted by atomic mass is 127. The lowest BCUT2D eigenvalue weighted by atomic mass is 10.1. The number of morpholine rings is 1. The zero-order chi connectivity index (χ0) is 19.1. The van der Waals surface area contributed by atoms with Crippen LogP contribution in [0.3, 0.4) is 0 Å². The van der Waals surface area contributed by atoms with Crippen molar-refractivity contribution < 1.29 is 9.47 Å². The Morgan fingerprint density at radius 1 is 1.39 bits per heavy atom. The van der Waals surface area contributed by atoms with Crippen molar-refractivity contribution in [3.63, 3.8) is 0 Å². The van der Waals surface area contributed by atoms with Crippen LogP contribution in [0.1, 0.15) is 17.2 Å². The van der Waals surface area contributed by atoms with Crippen LogP contribution in [0.5, 0.6) is 0 Å². The average molecular weight is 520 g/mol. The summed E-state index contributed by atoms with van der Waals surface area (Å²) in [6.45, 7) is 4.07. The predicted molar refractivity (Wildman–Crippen MR) is 121 cm³/mol. The summed E-state index contributed by atoms with van der Waals surface area (Å²) in [5.74, 6) is 0.863. The summed E-state index contributed by atoms with van der Waals surface area (Å²) in [6.07, 6.45) is 3.86. The van der Waals surface area contributed by atoms with Gasteiger partial charge in [0.15, 0.2) is 5.96 Å². The van der Waals surface area contributed by atoms with E-state index in [4.69, 9.17) is 21.1 Å². The van der Waals surface area contributed by atoms with Gasteiger partial charge in [-0.1, -0.05) is 23.7 Å². The van der Waals surface area contributed by atoms with E-state index < -0.39 is 0 Å². The summed E-state index contributed by atoms with van der Waals surface area (Å²) < 4.78 is 13.4. The van der Waals surface area contributed by atoms with Gasteiger partial charge in [-0.15, -0.1) is 24.0 Å². The molecule has 28 heavy (non-hydrogen) atoms. The van der Waals surface area contributed by atoms with Crippen LogP contribution in [-0.4, -0.2) is 60.5 Å². The molecule has 9 heteroatoms. The molecule has 1 unspecified atom stereocenters. The molecule has 0 radical (unpaired) electrons. The fraction of sp³-hybridized carbons (Fsp3) is 0.474. The van der Waals surface area contributed by atoms with Crippen molar-refractivity contribution in [3.8, 4) is 0 Å². The number of benzene rings is 1. The Hall–Kier alpha value is -1.36. The molecule has 1 aromatic heterocycles. The van der Waals surface area contributed by atoms with Gasteiger partial charge in [-0.2, -0.15) is 5.10 Å². The molecule has 3 rings (SSSR count). The Kier molecular flexibility index (Phi) is 9.49. The molecule has 154 valence electrons. The summed E-state index contributed by atoms with van der Waals surface area (Å²) in [4.78, 5) is 6.60. The van der Waals surface area contributed by atoms with E-state index in [1.54, 1.807) is 11.7 Å². The number of aromatic nitrogens is 2. The van der Waals surface area contributed by atoms with Gasteiger partial charge >= 0.3 is 0 Å². The fourth-order valence-corrected chi connectivity index (χ4v) is 3.11. The van der Waals surface area contributed by atoms with Gasteiger partial charge in [-0.25, -0.2) is 0 Å². The lowest BCUT2D eigenvalue weighted by molar-refractivity contribution is -0.00816. The summed E-state index contributed by atoms with van der Waals surface area (Å²) >= 11 is 5.89. The molecule has 0 aliphatic carbocycles. The van der Waals surface area contributed by atoms with Crippen molar-refractivity contribution in [2.75, 3.05) is 39.9 Å². The smallest absolute Gasteiger partial charge is 0.193 e. The maximum atomic E-state index is 5.89. The third-order valence-corrected chi connectivity index (χ3v) is 4.64. The van der Waals surface area contributed by atoms with Crippen LogP contribution >= 0.6 is 35.6 Å². The molecule has 1 aliphatic heterocycles. The second kappa shape index (κ2) is 11.6. The van der Waals surface area contributed by atoms with Crippen molar-refractivity contribution in [1.29, 1.82) is 0 Å². The summed E-state index contributed by atoms with van der Waals surface area (Å²) in [6, 6.07) is 7.69. The molecule has 0 spiro atoms. The monoisotopic (exact) mass is 519 g/mol. The van der Waals surface area contributed by atoms with Crippen LogP contribution in [0.15, 0.2) is 41.7 Å². The van der Waals surface area contributed by atoms with Gasteiger partial charge in [0, 0.05) is 44.0 Å². The van der Waals surface area contributed by atoms with Crippen molar-refractivity contribution in [2.24, 2.45) is 12.0 Å². The first kappa shape index (κ1) is 22.9. The molecule has 2 heterocycles. The number of halogens is 2. The number of aryl methyl sites for hydroxylation is 1. The van der Waals surface area contributed by atoms with Crippen molar-refractivity contribution >= 4 is 41.5 Å². The summed E-state index contributed by atoms with van der Waals surface area (Å²) in [5, 5.41) is 8.33. The standard InChI is InChI=1S/C19H26ClN5O2.HI/c1-21-19(22-7-9-26-14-15-3-5-17(20)6-4-15)25-8-10-27-18(13-25)16-11-23-24(2)12-16;/h3-6,11-12,18H,7-10,13-14H2,1-2H3,(H,21,22);1H. The molecular formula is C19H27ClIN5O2. The number of hydrogen-bond acceptors (Lipinski definition) is 4. The maximum Gasteiger partial charge on any atom is 0.193 e. The molecule has 0 saturated carbocycles. The van der Waals surface area contributed by atoms with Crippen LogP contribution in [0.25, 0.3) is 0 Å². The molecule has 1 saturated heterocycles. The topological polar surface area (TPSA) is 63.9 Å². The van der Waals surface area contributed by atoms with E-state index in [-0.39, 0.29) is 30.1 Å². The summed E-state index contributed by atoms with van der Waals surface area (Å²) in [5.41, 5.74) is 2.19. The normalized spacial score (nSPS) is 17.3. The molecule has 1 fully saturated rings. The van der Waals surface area contributed by atoms with Crippen LogP contribution in [0.2, 0.25) is 5.02 Å². The lowest BCUT2D eigenvalue weighted by Gasteiger charge is -2.34. The Bertz CT molecular complexity index is 753. The van der Waals surface area contributed by atoms with E-state index in [9.17, 15) is 0 Å². The van der Waals surface area contributed by atoms with Crippen LogP contribution in [-0.2, 0) is 23.1 Å². The third-order valence-electron chi connectivity index (χ3n) is 4.39. The van der Waals surface area contributed by atoms with Gasteiger partial charge in [0.2, 0.25) is 0 Å². The first-order chi connectivity index (χ1) is 13.2. The van der Waals surface area contributed by atoms with Gasteiger partial charge in [0.05, 0.1) is 32.6 Å². The third kappa shape index (κ3) is 6.61. The molecule has 0 amide bonds. The second-order valence-corrected chi connectivity index (χ2v) is 6.84. The second-order valence-electron chi connectivity index (χ2n) is 6.41. The molecule has 0 bridgehead atoms. The van der Waals surface area contributed by atoms with Crippen LogP contribution < -0.4 is 5.32 Å². The fourth-order valence-electron chi connectivity index (χ4n) is 2.99. The van der Waals surface area contributed by atoms with E-state index in [0.717, 1.165) is 35.2 Å². The Balaban J connectivity index is 0.00000280. The van der Waals surface area contributed by atoms with E-state index in [2.05, 4.69) is 20.3 Å². The maximum absolute atomic E-state index is 5.89. The number of guanidine groups is 1. The van der Waals surface area contributed by atoms with E-state index in [1.807, 2.05) is 43.7 Å². The average Bonchev–Trinajstić information content (AvgIpc) is 3.13. The molecule has 1 aliphatic rings. The zero-order valence-electron chi connectivity index (χ0n) is 16.2. The first-order valence-electron chi connectivity index (χ1n) is 9.03. The predicted octanol–water partition coefficient (Wildman–Crippen LogP) is 2.86. The SMILES string of the molecule is CN=C(NCCOCc1ccc(Cl)cc1)N1CCOC(c2cnn(C)c2)C1.I. The van der Waals surface area contributed by atoms with Crippen LogP contribution in [0.4, 0.5) is 0 Å². The first-order valence-corrected chi connectivity index (χ1v) is 9.41. The van der Waals surface area contributed by atoms with E-state index >= 15 is 0 Å². The molecule has 2 aromatic rings. The number of nitrogens with zero attached hydrogens (tertiary/aromatic N) is 4. The zero-order valence-corrected chi connectivity index (χ0v) is 19.3. The van der Waals surface area contributed by atoms with E-state index in [0.29, 0.717) is 26.4 Å². The molecule has 1 aromatic carbocycles. The number of ether oxygens (including phenoxy) is 2. The number of nitrogens with one attached hydrogen (secondary N) is 1. The number of aliphatic imine (C=N–C) groups is 1. The van der Waals surface area contributed by atoms with Gasteiger partial charge in [-0.3, -0.25) is 9.67 Å². The van der Waals surface area contributed by atoms with Gasteiger partial charge < -0.3 is 19.7 Å². The molecular weight excluding hydrogens is 493 g/mol. The largest absolute Gasteiger partial charge is 0.375 e. The van der Waals surface area contributed by atoms with Crippen molar-refractivity contribution in [2.45, 2.75) is 12.7 Å². The van der Waals surface area contributed by atoms with Gasteiger partial charge in [-0.05, 0) is 17.7 Å². The minimum Gasteiger partial charge on any atom is -0.375 e. The minimum absolute atomic E-state index is 0. The Morgan fingerprint density at radius 3 is 2.86 bits per heavy atom.